The first-order valence-electron chi connectivity index (χ1n) is 0.401. The molecule has 0 saturated carbocycles. The molecule has 0 fully saturated rings. The second kappa shape index (κ2) is 4.91. The summed E-state index contributed by atoms with van der Waals surface area (Å²) in [6.45, 7) is 0. The third kappa shape index (κ3) is 50.4. The molecule has 5 heteroatoms. The van der Waals surface area contributed by atoms with Gasteiger partial charge in [0.15, 0.2) is 0 Å². The van der Waals surface area contributed by atoms with Crippen molar-refractivity contribution in [1.29, 1.82) is 0 Å². The molecule has 0 rings (SSSR count). The van der Waals surface area contributed by atoms with Crippen LogP contribution in [0.3, 0.4) is 0 Å². The molecule has 0 aromatic heterocycles. The fourth-order valence-corrected chi connectivity index (χ4v) is 0. The van der Waals surface area contributed by atoms with E-state index in [1.165, 1.54) is 0 Å². The second-order valence-electron chi connectivity index (χ2n) is 0.152. The number of rotatable bonds is 0. The van der Waals surface area contributed by atoms with Gasteiger partial charge in [-0.1, -0.05) is 0 Å². The van der Waals surface area contributed by atoms with Crippen LogP contribution >= 0.6 is 0 Å². The van der Waals surface area contributed by atoms with Crippen LogP contribution in [0.15, 0.2) is 0 Å². The summed E-state index contributed by atoms with van der Waals surface area (Å²) in [5.41, 5.74) is 0. The molecule has 0 N–H and O–H groups in total. The Kier molecular flexibility index (Phi) is 9.14. The molecular formula is HF3FeLi. The van der Waals surface area contributed by atoms with E-state index < -0.39 is 15.3 Å². The van der Waals surface area contributed by atoms with Crippen molar-refractivity contribution < 1.29 is 46.2 Å². The number of halogens is 3. The monoisotopic (exact) mass is 121 g/mol. The summed E-state index contributed by atoms with van der Waals surface area (Å²) in [6, 6.07) is 0. The Morgan fingerprint density at radius 3 is 1.20 bits per heavy atom. The first kappa shape index (κ1) is 9.32. The van der Waals surface area contributed by atoms with Gasteiger partial charge in [0.25, 0.3) is 0 Å². The maximum Gasteiger partial charge on any atom is 1.00 e. The third-order valence-corrected chi connectivity index (χ3v) is 0. The summed E-state index contributed by atoms with van der Waals surface area (Å²) in [5.74, 6) is 0. The van der Waals surface area contributed by atoms with Gasteiger partial charge in [-0.15, -0.1) is 0 Å². The predicted molar refractivity (Wildman–Crippen MR) is 4.44 cm³/mol. The van der Waals surface area contributed by atoms with E-state index in [9.17, 15) is 10.7 Å². The Hall–Kier alpha value is 0.907. The van der Waals surface area contributed by atoms with Crippen molar-refractivity contribution in [1.82, 2.24) is 0 Å². The van der Waals surface area contributed by atoms with Crippen LogP contribution in [-0.2, 0) is 15.3 Å². The third-order valence-electron chi connectivity index (χ3n) is 0. The normalized spacial score (nSPS) is 9.00. The smallest absolute Gasteiger partial charge is 1.00 e. The Labute approximate surface area is 46.7 Å². The Morgan fingerprint density at radius 2 is 1.20 bits per heavy atom. The van der Waals surface area contributed by atoms with Gasteiger partial charge in [0, 0.05) is 0 Å². The molecule has 0 amide bonds. The molecule has 0 bridgehead atoms. The molecule has 0 aliphatic carbocycles. The average molecular weight is 121 g/mol. The first-order chi connectivity index (χ1) is 1.73. The van der Waals surface area contributed by atoms with Gasteiger partial charge >= 0.3 is 44.8 Å². The van der Waals surface area contributed by atoms with Crippen molar-refractivity contribution in [2.75, 3.05) is 0 Å². The maximum atomic E-state index is 9.75. The Bertz CT molecular complexity index is 15.5. The van der Waals surface area contributed by atoms with Crippen LogP contribution in [0.1, 0.15) is 1.43 Å². The molecule has 0 spiro atoms. The van der Waals surface area contributed by atoms with Crippen LogP contribution in [0.25, 0.3) is 0 Å². The molecule has 0 aromatic rings. The van der Waals surface area contributed by atoms with E-state index in [0.717, 1.165) is 0 Å². The van der Waals surface area contributed by atoms with Gasteiger partial charge in [0.05, 0.1) is 0 Å². The van der Waals surface area contributed by atoms with Crippen LogP contribution in [0.4, 0.5) is 10.7 Å². The molecule has 0 atom stereocenters. The van der Waals surface area contributed by atoms with Gasteiger partial charge in [0.1, 0.15) is 0 Å². The van der Waals surface area contributed by atoms with Gasteiger partial charge in [-0.2, -0.15) is 0 Å². The summed E-state index contributed by atoms with van der Waals surface area (Å²) < 4.78 is 29.2. The molecule has 0 aromatic carbocycles. The molecule has 31 valence electrons. The molecule has 0 radical (unpaired) electrons. The molecule has 0 aliphatic rings. The second-order valence-corrected chi connectivity index (χ2v) is 0.625. The van der Waals surface area contributed by atoms with E-state index in [0.29, 0.717) is 0 Å². The average Bonchev–Trinajstić information content (AvgIpc) is 0.811. The minimum atomic E-state index is -4.25. The first-order valence-corrected chi connectivity index (χ1v) is 1.65. The van der Waals surface area contributed by atoms with Gasteiger partial charge < -0.3 is 1.43 Å². The predicted octanol–water partition coefficient (Wildman–Crippen LogP) is -1.63. The summed E-state index contributed by atoms with van der Waals surface area (Å²) in [6.07, 6.45) is 0. The van der Waals surface area contributed by atoms with Crippen molar-refractivity contribution in [2.45, 2.75) is 0 Å². The van der Waals surface area contributed by atoms with Crippen molar-refractivity contribution in [3.05, 3.63) is 0 Å². The Balaban J connectivity index is -0.0000000450. The van der Waals surface area contributed by atoms with Crippen LogP contribution in [0.2, 0.25) is 0 Å². The van der Waals surface area contributed by atoms with E-state index in [1.54, 1.807) is 0 Å². The van der Waals surface area contributed by atoms with Crippen molar-refractivity contribution in [2.24, 2.45) is 0 Å². The summed E-state index contributed by atoms with van der Waals surface area (Å²) >= 11 is -4.25. The van der Waals surface area contributed by atoms with Crippen LogP contribution in [-0.4, -0.2) is 0 Å². The minimum absolute atomic E-state index is 0. The zero-order valence-electron chi connectivity index (χ0n) is 3.49. The quantitative estimate of drug-likeness (QED) is 0.337. The number of hydrogen-bond acceptors (Lipinski definition) is 0. The van der Waals surface area contributed by atoms with E-state index in [-0.39, 0.29) is 20.3 Å². The minimum Gasteiger partial charge on any atom is -1.00 e. The van der Waals surface area contributed by atoms with Gasteiger partial charge in [-0.3, -0.25) is 0 Å². The van der Waals surface area contributed by atoms with E-state index in [2.05, 4.69) is 0 Å². The van der Waals surface area contributed by atoms with E-state index in [1.807, 2.05) is 0 Å². The standard InChI is InChI=1S/3FH.Fe.Li.H/h3*1H;;;/q;;;+3;+1;-1/p-3. The molecule has 0 heterocycles. The zero-order chi connectivity index (χ0) is 3.58. The summed E-state index contributed by atoms with van der Waals surface area (Å²) in [4.78, 5) is 0. The van der Waals surface area contributed by atoms with Gasteiger partial charge in [0.2, 0.25) is 0 Å². The largest absolute Gasteiger partial charge is 1.00 e. The Morgan fingerprint density at radius 1 is 1.20 bits per heavy atom. The molecular weight excluding hydrogens is 120 g/mol. The maximum absolute atomic E-state index is 9.75. The van der Waals surface area contributed by atoms with Gasteiger partial charge in [-0.25, -0.2) is 0 Å². The van der Waals surface area contributed by atoms with Gasteiger partial charge in [-0.05, 0) is 0 Å². The van der Waals surface area contributed by atoms with E-state index >= 15 is 0 Å². The molecule has 0 nitrogen and oxygen atoms in total. The van der Waals surface area contributed by atoms with Crippen LogP contribution < -0.4 is 18.9 Å². The zero-order valence-corrected chi connectivity index (χ0v) is 3.59. The number of hydrogen-bond donors (Lipinski definition) is 0. The fourth-order valence-electron chi connectivity index (χ4n) is 0. The summed E-state index contributed by atoms with van der Waals surface area (Å²) in [5, 5.41) is 0. The topological polar surface area (TPSA) is 0 Å². The van der Waals surface area contributed by atoms with Crippen molar-refractivity contribution in [3.63, 3.8) is 0 Å². The molecule has 0 unspecified atom stereocenters. The van der Waals surface area contributed by atoms with Crippen LogP contribution in [0.5, 0.6) is 0 Å². The van der Waals surface area contributed by atoms with E-state index in [4.69, 9.17) is 0 Å². The fraction of sp³-hybridized carbons (Fsp3) is 0. The van der Waals surface area contributed by atoms with Crippen LogP contribution in [0, 0.1) is 0 Å². The molecule has 5 heavy (non-hydrogen) atoms. The van der Waals surface area contributed by atoms with Crippen molar-refractivity contribution in [3.8, 4) is 0 Å². The molecule has 0 aliphatic heterocycles. The summed E-state index contributed by atoms with van der Waals surface area (Å²) in [7, 11) is 0. The SMILES string of the molecule is [F][Fe]([F])[F].[H-].[Li+]. The molecule has 0 saturated heterocycles. The van der Waals surface area contributed by atoms with Crippen molar-refractivity contribution >= 4 is 0 Å².